The predicted octanol–water partition coefficient (Wildman–Crippen LogP) is 2.76. The van der Waals surface area contributed by atoms with Crippen molar-refractivity contribution < 1.29 is 8.42 Å². The third kappa shape index (κ3) is 3.76. The van der Waals surface area contributed by atoms with E-state index >= 15 is 0 Å². The Morgan fingerprint density at radius 2 is 1.92 bits per heavy atom. The fourth-order valence-corrected chi connectivity index (χ4v) is 4.19. The van der Waals surface area contributed by atoms with E-state index in [1.165, 1.54) is 0 Å². The van der Waals surface area contributed by atoms with Crippen molar-refractivity contribution in [2.45, 2.75) is 37.1 Å². The Morgan fingerprint density at radius 3 is 2.54 bits per heavy atom. The number of aromatic nitrogens is 1. The van der Waals surface area contributed by atoms with Gasteiger partial charge in [0.25, 0.3) is 0 Å². The van der Waals surface area contributed by atoms with E-state index in [1.807, 2.05) is 30.3 Å². The predicted molar refractivity (Wildman–Crippen MR) is 95.7 cm³/mol. The van der Waals surface area contributed by atoms with Crippen molar-refractivity contribution >= 4 is 15.8 Å². The van der Waals surface area contributed by atoms with Crippen molar-refractivity contribution in [3.05, 3.63) is 54.2 Å². The van der Waals surface area contributed by atoms with Gasteiger partial charge < -0.3 is 4.90 Å². The largest absolute Gasteiger partial charge is 0.355 e. The van der Waals surface area contributed by atoms with Gasteiger partial charge in [-0.3, -0.25) is 0 Å². The normalized spacial score (nSPS) is 18.3. The molecule has 5 nitrogen and oxygen atoms in total. The number of nitrogens with one attached hydrogen (secondary N) is 1. The highest BCUT2D eigenvalue weighted by Crippen LogP contribution is 2.21. The Hall–Kier alpha value is -1.92. The number of hydrogen-bond acceptors (Lipinski definition) is 4. The molecule has 6 heteroatoms. The van der Waals surface area contributed by atoms with Crippen LogP contribution in [0, 0.1) is 0 Å². The van der Waals surface area contributed by atoms with Crippen molar-refractivity contribution in [3.63, 3.8) is 0 Å². The molecule has 1 aromatic heterocycles. The third-order valence-electron chi connectivity index (χ3n) is 4.34. The van der Waals surface area contributed by atoms with E-state index in [-0.39, 0.29) is 6.04 Å². The molecule has 2 heterocycles. The van der Waals surface area contributed by atoms with Crippen LogP contribution in [0.5, 0.6) is 0 Å². The average molecular weight is 345 g/mol. The van der Waals surface area contributed by atoms with Crippen LogP contribution >= 0.6 is 0 Å². The Morgan fingerprint density at radius 1 is 1.17 bits per heavy atom. The molecule has 0 amide bonds. The van der Waals surface area contributed by atoms with Gasteiger partial charge in [-0.2, -0.15) is 0 Å². The summed E-state index contributed by atoms with van der Waals surface area (Å²) < 4.78 is 28.0. The topological polar surface area (TPSA) is 62.3 Å². The second-order valence-corrected chi connectivity index (χ2v) is 8.18. The number of anilines is 1. The molecule has 1 aromatic carbocycles. The summed E-state index contributed by atoms with van der Waals surface area (Å²) in [5.74, 6) is 1.27. The molecule has 2 aromatic rings. The molecule has 1 aliphatic rings. The number of pyridine rings is 1. The minimum atomic E-state index is -3.49. The summed E-state index contributed by atoms with van der Waals surface area (Å²) in [6, 6.07) is 12.8. The van der Waals surface area contributed by atoms with Crippen LogP contribution in [0.4, 0.5) is 5.82 Å². The number of hydrogen-bond donors (Lipinski definition) is 1. The van der Waals surface area contributed by atoms with Crippen LogP contribution in [0.25, 0.3) is 0 Å². The molecule has 1 aliphatic heterocycles. The Kier molecular flexibility index (Phi) is 4.87. The highest BCUT2D eigenvalue weighted by Gasteiger charge is 2.27. The smallest absolute Gasteiger partial charge is 0.240 e. The van der Waals surface area contributed by atoms with E-state index < -0.39 is 10.0 Å². The molecule has 3 rings (SSSR count). The number of nitrogens with zero attached hydrogens (tertiary/aromatic N) is 2. The van der Waals surface area contributed by atoms with Crippen LogP contribution in [0.1, 0.15) is 31.7 Å². The maximum atomic E-state index is 12.6. The third-order valence-corrected chi connectivity index (χ3v) is 5.88. The summed E-state index contributed by atoms with van der Waals surface area (Å²) in [5, 5.41) is 0. The van der Waals surface area contributed by atoms with Crippen molar-refractivity contribution in [1.82, 2.24) is 9.71 Å². The number of rotatable bonds is 5. The summed E-state index contributed by atoms with van der Waals surface area (Å²) >= 11 is 0. The van der Waals surface area contributed by atoms with Gasteiger partial charge in [0.1, 0.15) is 5.82 Å². The lowest BCUT2D eigenvalue weighted by atomic mass is 10.0. The van der Waals surface area contributed by atoms with Gasteiger partial charge in [0.15, 0.2) is 0 Å². The van der Waals surface area contributed by atoms with Gasteiger partial charge in [-0.25, -0.2) is 18.1 Å². The van der Waals surface area contributed by atoms with Gasteiger partial charge in [0, 0.05) is 25.3 Å². The highest BCUT2D eigenvalue weighted by molar-refractivity contribution is 7.89. The molecule has 1 saturated heterocycles. The lowest BCUT2D eigenvalue weighted by Crippen LogP contribution is -2.37. The standard InChI is InChI=1S/C18H23N3O2S/c1-14(2)15-6-8-17(9-7-15)24(22,23)20-16-10-12-21(13-16)18-5-3-4-11-19-18/h3-9,11,14,16,20H,10,12-13H2,1-2H3. The maximum absolute atomic E-state index is 12.6. The van der Waals surface area contributed by atoms with Crippen LogP contribution in [0.15, 0.2) is 53.6 Å². The van der Waals surface area contributed by atoms with Crippen LogP contribution in [-0.2, 0) is 10.0 Å². The summed E-state index contributed by atoms with van der Waals surface area (Å²) in [5.41, 5.74) is 1.14. The van der Waals surface area contributed by atoms with Crippen molar-refractivity contribution in [1.29, 1.82) is 0 Å². The molecule has 1 fully saturated rings. The second kappa shape index (κ2) is 6.91. The first kappa shape index (κ1) is 16.9. The maximum Gasteiger partial charge on any atom is 0.240 e. The first-order valence-electron chi connectivity index (χ1n) is 8.24. The van der Waals surface area contributed by atoms with E-state index in [1.54, 1.807) is 18.3 Å². The van der Waals surface area contributed by atoms with Crippen LogP contribution in [-0.4, -0.2) is 32.5 Å². The van der Waals surface area contributed by atoms with Crippen LogP contribution < -0.4 is 9.62 Å². The van der Waals surface area contributed by atoms with Gasteiger partial charge in [-0.05, 0) is 42.2 Å². The van der Waals surface area contributed by atoms with Crippen molar-refractivity contribution in [3.8, 4) is 0 Å². The minimum absolute atomic E-state index is 0.0956. The molecule has 0 bridgehead atoms. The SMILES string of the molecule is CC(C)c1ccc(S(=O)(=O)NC2CCN(c3ccccn3)C2)cc1. The summed E-state index contributed by atoms with van der Waals surface area (Å²) in [6.45, 7) is 5.62. The number of sulfonamides is 1. The molecule has 0 spiro atoms. The lowest BCUT2D eigenvalue weighted by Gasteiger charge is -2.18. The van der Waals surface area contributed by atoms with Gasteiger partial charge in [-0.1, -0.05) is 32.0 Å². The first-order chi connectivity index (χ1) is 11.5. The minimum Gasteiger partial charge on any atom is -0.355 e. The highest BCUT2D eigenvalue weighted by atomic mass is 32.2. The van der Waals surface area contributed by atoms with Gasteiger partial charge in [-0.15, -0.1) is 0 Å². The van der Waals surface area contributed by atoms with E-state index in [9.17, 15) is 8.42 Å². The summed E-state index contributed by atoms with van der Waals surface area (Å²) in [6.07, 6.45) is 2.53. The molecule has 1 unspecified atom stereocenters. The van der Waals surface area contributed by atoms with Gasteiger partial charge >= 0.3 is 0 Å². The Bertz CT molecular complexity index is 774. The molecular weight excluding hydrogens is 322 g/mol. The molecule has 1 atom stereocenters. The molecule has 24 heavy (non-hydrogen) atoms. The fourth-order valence-electron chi connectivity index (χ4n) is 2.92. The van der Waals surface area contributed by atoms with Crippen LogP contribution in [0.3, 0.4) is 0 Å². The first-order valence-corrected chi connectivity index (χ1v) is 9.72. The van der Waals surface area contributed by atoms with Crippen molar-refractivity contribution in [2.75, 3.05) is 18.0 Å². The van der Waals surface area contributed by atoms with Crippen molar-refractivity contribution in [2.24, 2.45) is 0 Å². The van der Waals surface area contributed by atoms with E-state index in [0.717, 1.165) is 24.3 Å². The van der Waals surface area contributed by atoms with Gasteiger partial charge in [0.05, 0.1) is 4.90 Å². The Balaban J connectivity index is 1.67. The number of benzene rings is 1. The monoisotopic (exact) mass is 345 g/mol. The van der Waals surface area contributed by atoms with Crippen LogP contribution in [0.2, 0.25) is 0 Å². The lowest BCUT2D eigenvalue weighted by molar-refractivity contribution is 0.561. The molecule has 0 aliphatic carbocycles. The molecule has 0 radical (unpaired) electrons. The zero-order valence-corrected chi connectivity index (χ0v) is 14.8. The zero-order valence-electron chi connectivity index (χ0n) is 14.0. The molecular formula is C18H23N3O2S. The average Bonchev–Trinajstić information content (AvgIpc) is 3.03. The Labute approximate surface area is 143 Å². The fraction of sp³-hybridized carbons (Fsp3) is 0.389. The quantitative estimate of drug-likeness (QED) is 0.905. The molecule has 0 saturated carbocycles. The summed E-state index contributed by atoms with van der Waals surface area (Å²) in [4.78, 5) is 6.75. The van der Waals surface area contributed by atoms with E-state index in [4.69, 9.17) is 0 Å². The molecule has 1 N–H and O–H groups in total. The zero-order chi connectivity index (χ0) is 17.2. The van der Waals surface area contributed by atoms with E-state index in [0.29, 0.717) is 17.4 Å². The van der Waals surface area contributed by atoms with Gasteiger partial charge in [0.2, 0.25) is 10.0 Å². The van der Waals surface area contributed by atoms with E-state index in [2.05, 4.69) is 28.5 Å². The molecule has 128 valence electrons. The second-order valence-electron chi connectivity index (χ2n) is 6.46. The summed E-state index contributed by atoms with van der Waals surface area (Å²) in [7, 11) is -3.49.